The number of halogens is 4. The molecule has 57 heavy (non-hydrogen) atoms. The van der Waals surface area contributed by atoms with E-state index in [1.165, 1.54) is 12.8 Å². The van der Waals surface area contributed by atoms with Crippen molar-refractivity contribution in [2.24, 2.45) is 57.7 Å². The van der Waals surface area contributed by atoms with Crippen LogP contribution in [0.2, 0.25) is 0 Å². The summed E-state index contributed by atoms with van der Waals surface area (Å²) in [6.07, 6.45) is 17.0. The van der Waals surface area contributed by atoms with Gasteiger partial charge in [0.15, 0.2) is 6.61 Å². The average molecular weight is 815 g/mol. The minimum absolute atomic E-state index is 0.0331. The minimum atomic E-state index is -3.64. The Morgan fingerprint density at radius 1 is 0.596 bits per heavy atom. The predicted molar refractivity (Wildman–Crippen MR) is 197 cm³/mol. The van der Waals surface area contributed by atoms with Crippen molar-refractivity contribution in [3.8, 4) is 0 Å². The quantitative estimate of drug-likeness (QED) is 0.101. The molecular formula is C43H62F4O10. The number of rotatable bonds is 13. The lowest BCUT2D eigenvalue weighted by Gasteiger charge is -2.61. The van der Waals surface area contributed by atoms with Crippen molar-refractivity contribution in [2.75, 3.05) is 26.4 Å². The molecular weight excluding hydrogens is 752 g/mol. The molecule has 0 radical (unpaired) electrons. The van der Waals surface area contributed by atoms with Gasteiger partial charge in [-0.2, -0.15) is 17.6 Å². The largest absolute Gasteiger partial charge is 0.465 e. The monoisotopic (exact) mass is 814 g/mol. The Morgan fingerprint density at radius 3 is 1.58 bits per heavy atom. The molecule has 322 valence electrons. The normalized spacial score (nSPS) is 35.5. The number of ether oxygens (including phenoxy) is 5. The average Bonchev–Trinajstić information content (AvgIpc) is 3.12. The summed E-state index contributed by atoms with van der Waals surface area (Å²) >= 11 is 0. The summed E-state index contributed by atoms with van der Waals surface area (Å²) in [5, 5.41) is 0. The molecule has 0 saturated heterocycles. The van der Waals surface area contributed by atoms with Gasteiger partial charge in [-0.25, -0.2) is 14.4 Å². The van der Waals surface area contributed by atoms with Crippen LogP contribution >= 0.6 is 0 Å². The summed E-state index contributed by atoms with van der Waals surface area (Å²) in [4.78, 5) is 59.8. The van der Waals surface area contributed by atoms with Crippen molar-refractivity contribution in [1.82, 2.24) is 0 Å². The van der Waals surface area contributed by atoms with Crippen molar-refractivity contribution >= 4 is 29.8 Å². The third-order valence-corrected chi connectivity index (χ3v) is 14.5. The van der Waals surface area contributed by atoms with Crippen LogP contribution in [-0.2, 0) is 47.7 Å². The molecule has 0 N–H and O–H groups in total. The van der Waals surface area contributed by atoms with Gasteiger partial charge >= 0.3 is 41.7 Å². The minimum Gasteiger partial charge on any atom is -0.465 e. The lowest BCUT2D eigenvalue weighted by atomic mass is 9.44. The second-order valence-electron chi connectivity index (χ2n) is 20.3. The molecule has 2 unspecified atom stereocenters. The molecule has 10 nitrogen and oxygen atoms in total. The molecule has 9 aliphatic carbocycles. The van der Waals surface area contributed by atoms with E-state index >= 15 is 0 Å². The summed E-state index contributed by atoms with van der Waals surface area (Å²) in [7, 11) is 0. The van der Waals surface area contributed by atoms with E-state index in [-0.39, 0.29) is 29.3 Å². The maximum absolute atomic E-state index is 12.9. The Labute approximate surface area is 333 Å². The molecule has 9 aliphatic rings. The molecule has 0 aromatic heterocycles. The fourth-order valence-corrected chi connectivity index (χ4v) is 12.3. The van der Waals surface area contributed by atoms with Crippen molar-refractivity contribution in [2.45, 2.75) is 155 Å². The highest BCUT2D eigenvalue weighted by atomic mass is 19.3. The van der Waals surface area contributed by atoms with Crippen LogP contribution in [0.25, 0.3) is 0 Å². The lowest BCUT2D eigenvalue weighted by Crippen LogP contribution is -2.59. The third kappa shape index (κ3) is 10.1. The Kier molecular flexibility index (Phi) is 12.4. The van der Waals surface area contributed by atoms with E-state index in [0.717, 1.165) is 102 Å². The van der Waals surface area contributed by atoms with E-state index in [1.54, 1.807) is 13.8 Å². The van der Waals surface area contributed by atoms with Gasteiger partial charge in [0.05, 0.1) is 24.5 Å². The van der Waals surface area contributed by atoms with Gasteiger partial charge in [-0.15, -0.1) is 0 Å². The zero-order valence-electron chi connectivity index (χ0n) is 34.3. The molecule has 9 saturated carbocycles. The van der Waals surface area contributed by atoms with Gasteiger partial charge in [-0.3, -0.25) is 9.59 Å². The second kappa shape index (κ2) is 16.3. The highest BCUT2D eigenvalue weighted by Gasteiger charge is 2.59. The molecule has 0 heterocycles. The standard InChI is InChI=1S/C24H34F2O6.C19H28F2O4/c1-22(25,26)21(29)30-12-19(27)31-14-23-8-16-7-17(9-23)11-24(10-16,13-23)15-32-20(28)18-5-3-2-4-6-18;1-17(2,10-24-16(23)19(4,20)21)15(22)25-18(3)13-6-11-5-12(8-13)9-14(18)7-11/h16-18H,2-15H2,1H3;11-14H,5-10H2,1-4H3. The topological polar surface area (TPSA) is 132 Å². The first-order valence-electron chi connectivity index (χ1n) is 21.2. The zero-order valence-corrected chi connectivity index (χ0v) is 34.3. The van der Waals surface area contributed by atoms with E-state index in [2.05, 4.69) is 9.47 Å². The maximum Gasteiger partial charge on any atom is 0.377 e. The number of carbonyl (C=O) groups is 5. The Balaban J connectivity index is 0.000000199. The number of hydrogen-bond donors (Lipinski definition) is 0. The molecule has 14 heteroatoms. The molecule has 9 rings (SSSR count). The summed E-state index contributed by atoms with van der Waals surface area (Å²) < 4.78 is 77.9. The van der Waals surface area contributed by atoms with Crippen LogP contribution in [-0.4, -0.2) is 73.7 Å². The summed E-state index contributed by atoms with van der Waals surface area (Å²) in [6, 6.07) is 0. The lowest BCUT2D eigenvalue weighted by molar-refractivity contribution is -0.214. The fraction of sp³-hybridized carbons (Fsp3) is 0.884. The first kappa shape index (κ1) is 43.6. The number of alkyl halides is 4. The Hall–Kier alpha value is -2.93. The van der Waals surface area contributed by atoms with Crippen LogP contribution in [0.1, 0.15) is 137 Å². The van der Waals surface area contributed by atoms with Gasteiger partial charge in [0, 0.05) is 24.7 Å². The molecule has 0 amide bonds. The summed E-state index contributed by atoms with van der Waals surface area (Å²) in [5.41, 5.74) is -1.87. The van der Waals surface area contributed by atoms with Crippen molar-refractivity contribution in [1.29, 1.82) is 0 Å². The van der Waals surface area contributed by atoms with E-state index in [0.29, 0.717) is 44.1 Å². The molecule has 8 bridgehead atoms. The molecule has 0 aromatic carbocycles. The SMILES string of the molecule is CC(F)(F)C(=O)OCC(=O)OCC12CC3CC(C1)CC(COC(=O)C1CCCCC1)(C3)C2.CC(F)(F)C(=O)OCC(C)(C)C(=O)OC1(C)C2CC3CC(C2)CC1C3. The first-order chi connectivity index (χ1) is 26.5. The van der Waals surface area contributed by atoms with Crippen molar-refractivity contribution < 1.29 is 65.2 Å². The van der Waals surface area contributed by atoms with E-state index < -0.39 is 60.0 Å². The highest BCUT2D eigenvalue weighted by molar-refractivity contribution is 5.81. The van der Waals surface area contributed by atoms with Gasteiger partial charge in [-0.05, 0) is 140 Å². The summed E-state index contributed by atoms with van der Waals surface area (Å²) in [5.74, 6) is -8.53. The number of esters is 5. The molecule has 2 atom stereocenters. The van der Waals surface area contributed by atoms with Crippen LogP contribution < -0.4 is 0 Å². The second-order valence-corrected chi connectivity index (χ2v) is 20.3. The maximum atomic E-state index is 12.9. The van der Waals surface area contributed by atoms with Crippen LogP contribution in [0.4, 0.5) is 17.6 Å². The van der Waals surface area contributed by atoms with Gasteiger partial charge in [0.25, 0.3) is 0 Å². The van der Waals surface area contributed by atoms with Crippen LogP contribution in [0.5, 0.6) is 0 Å². The van der Waals surface area contributed by atoms with Crippen LogP contribution in [0.3, 0.4) is 0 Å². The van der Waals surface area contributed by atoms with E-state index in [9.17, 15) is 41.5 Å². The Bertz CT molecular complexity index is 1480. The van der Waals surface area contributed by atoms with Gasteiger partial charge in [0.1, 0.15) is 12.2 Å². The zero-order chi connectivity index (χ0) is 41.6. The Morgan fingerprint density at radius 2 is 1.07 bits per heavy atom. The van der Waals surface area contributed by atoms with Crippen molar-refractivity contribution in [3.05, 3.63) is 0 Å². The molecule has 0 aromatic rings. The van der Waals surface area contributed by atoms with Crippen LogP contribution in [0, 0.1) is 57.7 Å². The number of hydrogen-bond acceptors (Lipinski definition) is 10. The predicted octanol–water partition coefficient (Wildman–Crippen LogP) is 8.41. The summed E-state index contributed by atoms with van der Waals surface area (Å²) in [6.45, 7) is 5.48. The first-order valence-corrected chi connectivity index (χ1v) is 21.2. The van der Waals surface area contributed by atoms with Gasteiger partial charge < -0.3 is 23.7 Å². The fourth-order valence-electron chi connectivity index (χ4n) is 12.3. The third-order valence-electron chi connectivity index (χ3n) is 14.5. The molecule has 0 aliphatic heterocycles. The van der Waals surface area contributed by atoms with Crippen molar-refractivity contribution in [3.63, 3.8) is 0 Å². The highest BCUT2D eigenvalue weighted by Crippen LogP contribution is 2.65. The van der Waals surface area contributed by atoms with Gasteiger partial charge in [0.2, 0.25) is 0 Å². The van der Waals surface area contributed by atoms with E-state index in [1.807, 2.05) is 6.92 Å². The smallest absolute Gasteiger partial charge is 0.377 e. The van der Waals surface area contributed by atoms with Gasteiger partial charge in [-0.1, -0.05) is 19.3 Å². The molecule has 0 spiro atoms. The number of carbonyl (C=O) groups excluding carboxylic acids is 5. The molecule has 9 fully saturated rings. The van der Waals surface area contributed by atoms with Crippen LogP contribution in [0.15, 0.2) is 0 Å². The van der Waals surface area contributed by atoms with E-state index in [4.69, 9.17) is 14.2 Å².